The lowest BCUT2D eigenvalue weighted by Crippen LogP contribution is -2.21. The SMILES string of the molecule is CC(N)Cc1nccc(C2CCOCC2)n1. The summed E-state index contributed by atoms with van der Waals surface area (Å²) < 4.78 is 5.35. The highest BCUT2D eigenvalue weighted by Crippen LogP contribution is 2.24. The molecule has 2 rings (SSSR count). The topological polar surface area (TPSA) is 61.0 Å². The summed E-state index contributed by atoms with van der Waals surface area (Å²) in [5.41, 5.74) is 6.90. The third-order valence-corrected chi connectivity index (χ3v) is 2.87. The normalized spacial score (nSPS) is 19.6. The van der Waals surface area contributed by atoms with E-state index in [4.69, 9.17) is 10.5 Å². The van der Waals surface area contributed by atoms with Crippen LogP contribution in [0.25, 0.3) is 0 Å². The molecule has 1 aliphatic rings. The molecule has 0 amide bonds. The van der Waals surface area contributed by atoms with Crippen LogP contribution in [-0.2, 0) is 11.2 Å². The van der Waals surface area contributed by atoms with Crippen LogP contribution in [0.1, 0.15) is 37.2 Å². The van der Waals surface area contributed by atoms with Crippen molar-refractivity contribution in [3.05, 3.63) is 23.8 Å². The van der Waals surface area contributed by atoms with Crippen molar-refractivity contribution in [3.63, 3.8) is 0 Å². The molecule has 0 saturated carbocycles. The molecular weight excluding hydrogens is 202 g/mol. The molecule has 1 aliphatic heterocycles. The van der Waals surface area contributed by atoms with Crippen LogP contribution in [0, 0.1) is 0 Å². The second-order valence-corrected chi connectivity index (χ2v) is 4.47. The van der Waals surface area contributed by atoms with Crippen LogP contribution in [0.15, 0.2) is 12.3 Å². The van der Waals surface area contributed by atoms with Gasteiger partial charge in [0.15, 0.2) is 0 Å². The Morgan fingerprint density at radius 1 is 1.50 bits per heavy atom. The van der Waals surface area contributed by atoms with Crippen LogP contribution in [0.3, 0.4) is 0 Å². The maximum absolute atomic E-state index is 5.75. The Morgan fingerprint density at radius 3 is 2.94 bits per heavy atom. The van der Waals surface area contributed by atoms with E-state index in [0.29, 0.717) is 5.92 Å². The minimum Gasteiger partial charge on any atom is -0.381 e. The van der Waals surface area contributed by atoms with Gasteiger partial charge in [0.05, 0.1) is 0 Å². The third kappa shape index (κ3) is 3.00. The van der Waals surface area contributed by atoms with E-state index in [9.17, 15) is 0 Å². The maximum atomic E-state index is 5.75. The summed E-state index contributed by atoms with van der Waals surface area (Å²) in [4.78, 5) is 8.84. The summed E-state index contributed by atoms with van der Waals surface area (Å²) in [6.07, 6.45) is 4.72. The van der Waals surface area contributed by atoms with Crippen molar-refractivity contribution in [1.82, 2.24) is 9.97 Å². The van der Waals surface area contributed by atoms with Gasteiger partial charge in [-0.05, 0) is 25.8 Å². The zero-order valence-electron chi connectivity index (χ0n) is 9.72. The molecule has 4 heteroatoms. The van der Waals surface area contributed by atoms with E-state index in [-0.39, 0.29) is 6.04 Å². The summed E-state index contributed by atoms with van der Waals surface area (Å²) in [7, 11) is 0. The molecule has 0 aliphatic carbocycles. The number of hydrogen-bond donors (Lipinski definition) is 1. The number of hydrogen-bond acceptors (Lipinski definition) is 4. The fourth-order valence-corrected chi connectivity index (χ4v) is 2.02. The van der Waals surface area contributed by atoms with Crippen molar-refractivity contribution in [2.24, 2.45) is 5.73 Å². The lowest BCUT2D eigenvalue weighted by atomic mass is 9.96. The molecule has 4 nitrogen and oxygen atoms in total. The Hall–Kier alpha value is -1.00. The monoisotopic (exact) mass is 221 g/mol. The highest BCUT2D eigenvalue weighted by molar-refractivity contribution is 5.09. The van der Waals surface area contributed by atoms with E-state index >= 15 is 0 Å². The highest BCUT2D eigenvalue weighted by atomic mass is 16.5. The van der Waals surface area contributed by atoms with Gasteiger partial charge in [0, 0.05) is 43.5 Å². The molecule has 1 aromatic rings. The zero-order valence-corrected chi connectivity index (χ0v) is 9.72. The van der Waals surface area contributed by atoms with Crippen molar-refractivity contribution < 1.29 is 4.74 Å². The maximum Gasteiger partial charge on any atom is 0.130 e. The predicted octanol–water partition coefficient (Wildman–Crippen LogP) is 1.26. The first-order valence-corrected chi connectivity index (χ1v) is 5.91. The average Bonchev–Trinajstić information content (AvgIpc) is 2.30. The first-order valence-electron chi connectivity index (χ1n) is 5.91. The number of nitrogens with two attached hydrogens (primary N) is 1. The van der Waals surface area contributed by atoms with Gasteiger partial charge in [0.2, 0.25) is 0 Å². The molecule has 0 bridgehead atoms. The largest absolute Gasteiger partial charge is 0.381 e. The molecule has 1 atom stereocenters. The molecule has 0 aromatic carbocycles. The van der Waals surface area contributed by atoms with Gasteiger partial charge in [0.25, 0.3) is 0 Å². The summed E-state index contributed by atoms with van der Waals surface area (Å²) in [5, 5.41) is 0. The highest BCUT2D eigenvalue weighted by Gasteiger charge is 2.17. The van der Waals surface area contributed by atoms with E-state index in [2.05, 4.69) is 9.97 Å². The first-order chi connectivity index (χ1) is 7.75. The molecule has 1 saturated heterocycles. The molecule has 0 spiro atoms. The smallest absolute Gasteiger partial charge is 0.130 e. The molecule has 1 unspecified atom stereocenters. The number of rotatable bonds is 3. The van der Waals surface area contributed by atoms with Crippen molar-refractivity contribution >= 4 is 0 Å². The molecule has 1 fully saturated rings. The molecule has 88 valence electrons. The van der Waals surface area contributed by atoms with Gasteiger partial charge in [0.1, 0.15) is 5.82 Å². The van der Waals surface area contributed by atoms with Crippen LogP contribution in [0.5, 0.6) is 0 Å². The molecule has 2 N–H and O–H groups in total. The Morgan fingerprint density at radius 2 is 2.25 bits per heavy atom. The fourth-order valence-electron chi connectivity index (χ4n) is 2.02. The van der Waals surface area contributed by atoms with E-state index in [1.807, 2.05) is 19.2 Å². The van der Waals surface area contributed by atoms with Gasteiger partial charge in [-0.1, -0.05) is 0 Å². The Labute approximate surface area is 96.2 Å². The van der Waals surface area contributed by atoms with Crippen molar-refractivity contribution in [2.45, 2.75) is 38.1 Å². The number of ether oxygens (including phenoxy) is 1. The Bertz CT molecular complexity index is 335. The number of nitrogens with zero attached hydrogens (tertiary/aromatic N) is 2. The quantitative estimate of drug-likeness (QED) is 0.834. The van der Waals surface area contributed by atoms with Gasteiger partial charge in [-0.3, -0.25) is 0 Å². The first kappa shape index (κ1) is 11.5. The lowest BCUT2D eigenvalue weighted by Gasteiger charge is -2.21. The van der Waals surface area contributed by atoms with Gasteiger partial charge >= 0.3 is 0 Å². The summed E-state index contributed by atoms with van der Waals surface area (Å²) >= 11 is 0. The van der Waals surface area contributed by atoms with Gasteiger partial charge in [-0.15, -0.1) is 0 Å². The lowest BCUT2D eigenvalue weighted by molar-refractivity contribution is 0.0844. The minimum absolute atomic E-state index is 0.116. The van der Waals surface area contributed by atoms with Crippen molar-refractivity contribution in [3.8, 4) is 0 Å². The molecule has 0 radical (unpaired) electrons. The predicted molar refractivity (Wildman–Crippen MR) is 62.2 cm³/mol. The second kappa shape index (κ2) is 5.37. The van der Waals surface area contributed by atoms with Crippen LogP contribution >= 0.6 is 0 Å². The molecule has 2 heterocycles. The molecular formula is C12H19N3O. The van der Waals surface area contributed by atoms with Crippen LogP contribution in [0.4, 0.5) is 0 Å². The summed E-state index contributed by atoms with van der Waals surface area (Å²) in [6, 6.07) is 2.13. The molecule has 16 heavy (non-hydrogen) atoms. The fraction of sp³-hybridized carbons (Fsp3) is 0.667. The van der Waals surface area contributed by atoms with Crippen LogP contribution in [-0.4, -0.2) is 29.2 Å². The average molecular weight is 221 g/mol. The number of aromatic nitrogens is 2. The minimum atomic E-state index is 0.116. The van der Waals surface area contributed by atoms with E-state index < -0.39 is 0 Å². The van der Waals surface area contributed by atoms with E-state index in [0.717, 1.165) is 44.0 Å². The van der Waals surface area contributed by atoms with Gasteiger partial charge in [-0.2, -0.15) is 0 Å². The standard InChI is InChI=1S/C12H19N3O/c1-9(13)8-12-14-5-2-11(15-12)10-3-6-16-7-4-10/h2,5,9-10H,3-4,6-8,13H2,1H3. The molecule has 1 aromatic heterocycles. The van der Waals surface area contributed by atoms with E-state index in [1.165, 1.54) is 0 Å². The van der Waals surface area contributed by atoms with Crippen LogP contribution in [0.2, 0.25) is 0 Å². The van der Waals surface area contributed by atoms with Crippen LogP contribution < -0.4 is 5.73 Å². The Balaban J connectivity index is 2.08. The Kier molecular flexibility index (Phi) is 3.85. The summed E-state index contributed by atoms with van der Waals surface area (Å²) in [6.45, 7) is 3.67. The van der Waals surface area contributed by atoms with E-state index in [1.54, 1.807) is 0 Å². The van der Waals surface area contributed by atoms with Crippen molar-refractivity contribution in [2.75, 3.05) is 13.2 Å². The van der Waals surface area contributed by atoms with Gasteiger partial charge < -0.3 is 10.5 Å². The van der Waals surface area contributed by atoms with Crippen molar-refractivity contribution in [1.29, 1.82) is 0 Å². The summed E-state index contributed by atoms with van der Waals surface area (Å²) in [5.74, 6) is 1.39. The second-order valence-electron chi connectivity index (χ2n) is 4.47. The van der Waals surface area contributed by atoms with Gasteiger partial charge in [-0.25, -0.2) is 9.97 Å². The zero-order chi connectivity index (χ0) is 11.4. The third-order valence-electron chi connectivity index (χ3n) is 2.87.